The fraction of sp³-hybridized carbons (Fsp3) is 0.917. The number of nitrogens with one attached hydrogen (secondary N) is 1. The van der Waals surface area contributed by atoms with Crippen LogP contribution in [0.1, 0.15) is 64.7 Å². The summed E-state index contributed by atoms with van der Waals surface area (Å²) < 4.78 is 0. The summed E-state index contributed by atoms with van der Waals surface area (Å²) in [6.07, 6.45) is 11.5. The molecule has 0 unspecified atom stereocenters. The summed E-state index contributed by atoms with van der Waals surface area (Å²) in [7, 11) is 0. The van der Waals surface area contributed by atoms with E-state index in [1.54, 1.807) is 0 Å². The van der Waals surface area contributed by atoms with Gasteiger partial charge < -0.3 is 4.84 Å². The molecule has 0 bridgehead atoms. The summed E-state index contributed by atoms with van der Waals surface area (Å²) in [6.45, 7) is 1.44. The second-order valence-electron chi connectivity index (χ2n) is 4.46. The van der Waals surface area contributed by atoms with E-state index in [-0.39, 0.29) is 5.97 Å². The molecule has 0 atom stereocenters. The SMILES string of the molecule is CC(=O)ONC1CCCCCCCCC1. The lowest BCUT2D eigenvalue weighted by Crippen LogP contribution is -2.31. The molecule has 1 saturated carbocycles. The van der Waals surface area contributed by atoms with Crippen molar-refractivity contribution >= 4 is 5.97 Å². The Labute approximate surface area is 92.5 Å². The molecule has 3 nitrogen and oxygen atoms in total. The highest BCUT2D eigenvalue weighted by molar-refractivity contribution is 5.65. The number of carbonyl (C=O) groups is 1. The molecule has 1 aliphatic carbocycles. The first-order chi connectivity index (χ1) is 7.29. The van der Waals surface area contributed by atoms with Crippen LogP contribution in [0, 0.1) is 0 Å². The van der Waals surface area contributed by atoms with Crippen molar-refractivity contribution in [3.8, 4) is 0 Å². The maximum absolute atomic E-state index is 10.7. The Morgan fingerprint density at radius 3 is 1.93 bits per heavy atom. The van der Waals surface area contributed by atoms with Crippen LogP contribution < -0.4 is 5.48 Å². The average Bonchev–Trinajstić information content (AvgIpc) is 2.23. The fourth-order valence-corrected chi connectivity index (χ4v) is 2.09. The monoisotopic (exact) mass is 213 g/mol. The Balaban J connectivity index is 2.22. The van der Waals surface area contributed by atoms with Crippen LogP contribution in [0.2, 0.25) is 0 Å². The van der Waals surface area contributed by atoms with Gasteiger partial charge in [0.2, 0.25) is 0 Å². The number of carbonyl (C=O) groups excluding carboxylic acids is 1. The molecule has 0 spiro atoms. The number of hydroxylamine groups is 1. The van der Waals surface area contributed by atoms with E-state index in [0.717, 1.165) is 12.8 Å². The van der Waals surface area contributed by atoms with Crippen molar-refractivity contribution < 1.29 is 9.63 Å². The highest BCUT2D eigenvalue weighted by Gasteiger charge is 2.10. The van der Waals surface area contributed by atoms with Gasteiger partial charge in [-0.2, -0.15) is 5.48 Å². The van der Waals surface area contributed by atoms with E-state index in [4.69, 9.17) is 4.84 Å². The van der Waals surface area contributed by atoms with Gasteiger partial charge in [0, 0.05) is 13.0 Å². The lowest BCUT2D eigenvalue weighted by molar-refractivity contribution is -0.150. The van der Waals surface area contributed by atoms with Crippen LogP contribution in [-0.4, -0.2) is 12.0 Å². The van der Waals surface area contributed by atoms with Gasteiger partial charge in [-0.05, 0) is 12.8 Å². The summed E-state index contributed by atoms with van der Waals surface area (Å²) in [5, 5.41) is 0. The summed E-state index contributed by atoms with van der Waals surface area (Å²) in [5.41, 5.74) is 2.89. The van der Waals surface area contributed by atoms with Crippen LogP contribution in [0.25, 0.3) is 0 Å². The van der Waals surface area contributed by atoms with Gasteiger partial charge in [0.25, 0.3) is 0 Å². The number of rotatable bonds is 2. The van der Waals surface area contributed by atoms with E-state index in [9.17, 15) is 4.79 Å². The Morgan fingerprint density at radius 2 is 1.47 bits per heavy atom. The zero-order chi connectivity index (χ0) is 10.9. The summed E-state index contributed by atoms with van der Waals surface area (Å²) in [5.74, 6) is -0.243. The maximum atomic E-state index is 10.7. The molecule has 0 aliphatic heterocycles. The van der Waals surface area contributed by atoms with E-state index in [0.29, 0.717) is 6.04 Å². The van der Waals surface area contributed by atoms with Gasteiger partial charge in [-0.1, -0.05) is 44.9 Å². The van der Waals surface area contributed by atoms with E-state index in [1.165, 1.54) is 51.9 Å². The fourth-order valence-electron chi connectivity index (χ4n) is 2.09. The third-order valence-electron chi connectivity index (χ3n) is 2.97. The number of hydrogen-bond acceptors (Lipinski definition) is 3. The molecule has 0 aromatic rings. The summed E-state index contributed by atoms with van der Waals surface area (Å²) >= 11 is 0. The molecule has 1 rings (SSSR count). The smallest absolute Gasteiger partial charge is 0.321 e. The highest BCUT2D eigenvalue weighted by Crippen LogP contribution is 2.16. The second-order valence-corrected chi connectivity index (χ2v) is 4.46. The van der Waals surface area contributed by atoms with Crippen LogP contribution in [0.3, 0.4) is 0 Å². The van der Waals surface area contributed by atoms with Gasteiger partial charge in [-0.25, -0.2) is 0 Å². The largest absolute Gasteiger partial charge is 0.371 e. The first-order valence-corrected chi connectivity index (χ1v) is 6.22. The van der Waals surface area contributed by atoms with Crippen molar-refractivity contribution in [2.45, 2.75) is 70.8 Å². The van der Waals surface area contributed by atoms with E-state index >= 15 is 0 Å². The molecule has 1 aliphatic rings. The highest BCUT2D eigenvalue weighted by atomic mass is 16.7. The molecule has 0 heterocycles. The minimum absolute atomic E-state index is 0.243. The minimum Gasteiger partial charge on any atom is -0.371 e. The molecule has 15 heavy (non-hydrogen) atoms. The molecule has 0 aromatic heterocycles. The summed E-state index contributed by atoms with van der Waals surface area (Å²) in [6, 6.07) is 0.368. The molecule has 3 heteroatoms. The van der Waals surface area contributed by atoms with E-state index in [1.807, 2.05) is 0 Å². The van der Waals surface area contributed by atoms with E-state index < -0.39 is 0 Å². The first-order valence-electron chi connectivity index (χ1n) is 6.22. The molecule has 1 N–H and O–H groups in total. The van der Waals surface area contributed by atoms with Crippen LogP contribution in [0.15, 0.2) is 0 Å². The van der Waals surface area contributed by atoms with Crippen molar-refractivity contribution in [2.24, 2.45) is 0 Å². The van der Waals surface area contributed by atoms with Crippen molar-refractivity contribution in [1.82, 2.24) is 5.48 Å². The van der Waals surface area contributed by atoms with Crippen molar-refractivity contribution in [1.29, 1.82) is 0 Å². The molecule has 88 valence electrons. The molecular formula is C12H23NO2. The van der Waals surface area contributed by atoms with Gasteiger partial charge in [0.05, 0.1) is 0 Å². The Bertz CT molecular complexity index is 172. The number of hydrogen-bond donors (Lipinski definition) is 1. The van der Waals surface area contributed by atoms with Crippen LogP contribution in [0.5, 0.6) is 0 Å². The topological polar surface area (TPSA) is 38.3 Å². The zero-order valence-corrected chi connectivity index (χ0v) is 9.76. The van der Waals surface area contributed by atoms with E-state index in [2.05, 4.69) is 5.48 Å². The zero-order valence-electron chi connectivity index (χ0n) is 9.76. The molecule has 1 fully saturated rings. The quantitative estimate of drug-likeness (QED) is 0.717. The third-order valence-corrected chi connectivity index (χ3v) is 2.97. The Kier molecular flexibility index (Phi) is 6.41. The second kappa shape index (κ2) is 7.69. The van der Waals surface area contributed by atoms with Crippen LogP contribution >= 0.6 is 0 Å². The van der Waals surface area contributed by atoms with Crippen LogP contribution in [0.4, 0.5) is 0 Å². The predicted octanol–water partition coefficient (Wildman–Crippen LogP) is 2.95. The van der Waals surface area contributed by atoms with Gasteiger partial charge in [-0.3, -0.25) is 4.79 Å². The molecule has 0 saturated heterocycles. The van der Waals surface area contributed by atoms with Crippen molar-refractivity contribution in [2.75, 3.05) is 0 Å². The normalized spacial score (nSPS) is 20.9. The Morgan fingerprint density at radius 1 is 1.00 bits per heavy atom. The molecule has 0 radical (unpaired) electrons. The molecule has 0 aromatic carbocycles. The van der Waals surface area contributed by atoms with Crippen molar-refractivity contribution in [3.63, 3.8) is 0 Å². The minimum atomic E-state index is -0.243. The maximum Gasteiger partial charge on any atom is 0.321 e. The van der Waals surface area contributed by atoms with Gasteiger partial charge in [0.1, 0.15) is 0 Å². The standard InChI is InChI=1S/C12H23NO2/c1-11(14)15-13-12-9-7-5-3-2-4-6-8-10-12/h12-13H,2-10H2,1H3. The van der Waals surface area contributed by atoms with Crippen molar-refractivity contribution in [3.05, 3.63) is 0 Å². The molecule has 0 amide bonds. The lowest BCUT2D eigenvalue weighted by Gasteiger charge is -2.18. The van der Waals surface area contributed by atoms with Gasteiger partial charge in [-0.15, -0.1) is 0 Å². The first kappa shape index (κ1) is 12.5. The summed E-state index contributed by atoms with van der Waals surface area (Å²) in [4.78, 5) is 15.5. The lowest BCUT2D eigenvalue weighted by atomic mass is 9.98. The van der Waals surface area contributed by atoms with Crippen LogP contribution in [-0.2, 0) is 9.63 Å². The van der Waals surface area contributed by atoms with Gasteiger partial charge >= 0.3 is 5.97 Å². The van der Waals surface area contributed by atoms with Gasteiger partial charge in [0.15, 0.2) is 0 Å². The molecular weight excluding hydrogens is 190 g/mol. The third kappa shape index (κ3) is 6.50. The Hall–Kier alpha value is -0.570. The average molecular weight is 213 g/mol. The predicted molar refractivity (Wildman–Crippen MR) is 60.2 cm³/mol.